The lowest BCUT2D eigenvalue weighted by atomic mass is 10.1. The molecule has 0 heterocycles. The molecular formula is C14H21BrN2O2. The molecule has 19 heavy (non-hydrogen) atoms. The number of hydrogen-bond acceptors (Lipinski definition) is 3. The van der Waals surface area contributed by atoms with Gasteiger partial charge in [0.05, 0.1) is 5.60 Å². The summed E-state index contributed by atoms with van der Waals surface area (Å²) < 4.78 is 6.34. The molecule has 0 radical (unpaired) electrons. The summed E-state index contributed by atoms with van der Waals surface area (Å²) in [6, 6.07) is 3.56. The lowest BCUT2D eigenvalue weighted by Gasteiger charge is -2.25. The van der Waals surface area contributed by atoms with Gasteiger partial charge in [-0.3, -0.25) is 4.79 Å². The predicted molar refractivity (Wildman–Crippen MR) is 81.3 cm³/mol. The zero-order valence-corrected chi connectivity index (χ0v) is 13.4. The summed E-state index contributed by atoms with van der Waals surface area (Å²) >= 11 is 3.35. The number of halogens is 1. The second kappa shape index (κ2) is 6.39. The van der Waals surface area contributed by atoms with Crippen molar-refractivity contribution in [1.29, 1.82) is 0 Å². The fraction of sp³-hybridized carbons (Fsp3) is 0.500. The number of hydrogen-bond donors (Lipinski definition) is 2. The van der Waals surface area contributed by atoms with Crippen LogP contribution in [0.5, 0.6) is 0 Å². The molecule has 0 spiro atoms. The highest BCUT2D eigenvalue weighted by atomic mass is 79.9. The highest BCUT2D eigenvalue weighted by molar-refractivity contribution is 9.10. The quantitative estimate of drug-likeness (QED) is 0.817. The molecule has 1 aromatic carbocycles. The lowest BCUT2D eigenvalue weighted by Crippen LogP contribution is -2.40. The molecule has 0 unspecified atom stereocenters. The zero-order chi connectivity index (χ0) is 14.6. The van der Waals surface area contributed by atoms with Crippen molar-refractivity contribution < 1.29 is 9.53 Å². The van der Waals surface area contributed by atoms with Crippen LogP contribution in [-0.2, 0) is 4.74 Å². The van der Waals surface area contributed by atoms with Gasteiger partial charge in [-0.05, 0) is 45.4 Å². The summed E-state index contributed by atoms with van der Waals surface area (Å²) in [5.41, 5.74) is 7.45. The highest BCUT2D eigenvalue weighted by Crippen LogP contribution is 2.22. The first-order valence-electron chi connectivity index (χ1n) is 6.24. The molecule has 0 aliphatic rings. The van der Waals surface area contributed by atoms with E-state index < -0.39 is 0 Å². The van der Waals surface area contributed by atoms with Crippen molar-refractivity contribution in [2.45, 2.75) is 33.3 Å². The Kier molecular flexibility index (Phi) is 5.38. The number of carbonyl (C=O) groups is 1. The van der Waals surface area contributed by atoms with Crippen LogP contribution in [-0.4, -0.2) is 24.7 Å². The van der Waals surface area contributed by atoms with Crippen molar-refractivity contribution in [2.75, 3.05) is 18.9 Å². The molecule has 4 nitrogen and oxygen atoms in total. The Hall–Kier alpha value is -1.07. The second-order valence-corrected chi connectivity index (χ2v) is 5.96. The summed E-state index contributed by atoms with van der Waals surface area (Å²) in [4.78, 5) is 12.2. The first-order chi connectivity index (χ1) is 8.76. The van der Waals surface area contributed by atoms with Crippen molar-refractivity contribution in [3.63, 3.8) is 0 Å². The molecule has 0 bridgehead atoms. The summed E-state index contributed by atoms with van der Waals surface area (Å²) in [6.45, 7) is 8.72. The topological polar surface area (TPSA) is 64.3 Å². The molecule has 1 rings (SSSR count). The number of benzene rings is 1. The molecule has 0 aliphatic heterocycles. The molecule has 3 N–H and O–H groups in total. The molecule has 1 aromatic rings. The van der Waals surface area contributed by atoms with Gasteiger partial charge in [0, 0.05) is 28.9 Å². The van der Waals surface area contributed by atoms with Crippen LogP contribution in [0.3, 0.4) is 0 Å². The molecule has 5 heteroatoms. The third kappa shape index (κ3) is 4.51. The number of nitrogen functional groups attached to an aromatic ring is 1. The Morgan fingerprint density at radius 1 is 1.47 bits per heavy atom. The largest absolute Gasteiger partial charge is 0.398 e. The number of nitrogens with one attached hydrogen (secondary N) is 1. The van der Waals surface area contributed by atoms with Crippen LogP contribution in [0, 0.1) is 6.92 Å². The number of ether oxygens (including phenoxy) is 1. The van der Waals surface area contributed by atoms with Gasteiger partial charge in [0.25, 0.3) is 5.91 Å². The van der Waals surface area contributed by atoms with Crippen LogP contribution in [0.4, 0.5) is 5.69 Å². The number of rotatable bonds is 5. The van der Waals surface area contributed by atoms with Crippen molar-refractivity contribution >= 4 is 27.5 Å². The molecule has 0 saturated carbocycles. The maximum absolute atomic E-state index is 12.2. The SMILES string of the molecule is CCOC(C)(C)CNC(=O)c1cc(Br)cc(N)c1C. The number of anilines is 1. The predicted octanol–water partition coefficient (Wildman–Crippen LogP) is 2.88. The second-order valence-electron chi connectivity index (χ2n) is 5.04. The van der Waals surface area contributed by atoms with Gasteiger partial charge < -0.3 is 15.8 Å². The third-order valence-electron chi connectivity index (χ3n) is 2.87. The van der Waals surface area contributed by atoms with Gasteiger partial charge in [-0.15, -0.1) is 0 Å². The van der Waals surface area contributed by atoms with Crippen LogP contribution >= 0.6 is 15.9 Å². The smallest absolute Gasteiger partial charge is 0.251 e. The minimum absolute atomic E-state index is 0.140. The van der Waals surface area contributed by atoms with E-state index in [1.54, 1.807) is 12.1 Å². The monoisotopic (exact) mass is 328 g/mol. The lowest BCUT2D eigenvalue weighted by molar-refractivity contribution is -0.00815. The van der Waals surface area contributed by atoms with E-state index >= 15 is 0 Å². The van der Waals surface area contributed by atoms with Gasteiger partial charge in [-0.25, -0.2) is 0 Å². The highest BCUT2D eigenvalue weighted by Gasteiger charge is 2.20. The minimum Gasteiger partial charge on any atom is -0.398 e. The minimum atomic E-state index is -0.379. The summed E-state index contributed by atoms with van der Waals surface area (Å²) in [5, 5.41) is 2.88. The van der Waals surface area contributed by atoms with Crippen LogP contribution in [0.1, 0.15) is 36.7 Å². The van der Waals surface area contributed by atoms with E-state index in [2.05, 4.69) is 21.2 Å². The average molecular weight is 329 g/mol. The normalized spacial score (nSPS) is 11.4. The van der Waals surface area contributed by atoms with Crippen molar-refractivity contribution in [3.05, 3.63) is 27.7 Å². The van der Waals surface area contributed by atoms with Gasteiger partial charge in [-0.1, -0.05) is 15.9 Å². The van der Waals surface area contributed by atoms with Crippen LogP contribution < -0.4 is 11.1 Å². The summed E-state index contributed by atoms with van der Waals surface area (Å²) in [6.07, 6.45) is 0. The first-order valence-corrected chi connectivity index (χ1v) is 7.04. The maximum Gasteiger partial charge on any atom is 0.251 e. The molecule has 0 aliphatic carbocycles. The fourth-order valence-electron chi connectivity index (χ4n) is 1.77. The van der Waals surface area contributed by atoms with Gasteiger partial charge in [0.2, 0.25) is 0 Å². The maximum atomic E-state index is 12.2. The Bertz CT molecular complexity index is 473. The summed E-state index contributed by atoms with van der Waals surface area (Å²) in [7, 11) is 0. The van der Waals surface area contributed by atoms with E-state index in [0.29, 0.717) is 24.4 Å². The summed E-state index contributed by atoms with van der Waals surface area (Å²) in [5.74, 6) is -0.140. The Morgan fingerprint density at radius 2 is 2.11 bits per heavy atom. The van der Waals surface area contributed by atoms with E-state index in [4.69, 9.17) is 10.5 Å². The van der Waals surface area contributed by atoms with Gasteiger partial charge in [0.1, 0.15) is 0 Å². The molecule has 0 fully saturated rings. The van der Waals surface area contributed by atoms with E-state index in [1.807, 2.05) is 27.7 Å². The Balaban J connectivity index is 2.80. The fourth-order valence-corrected chi connectivity index (χ4v) is 2.24. The molecular weight excluding hydrogens is 308 g/mol. The van der Waals surface area contributed by atoms with Crippen molar-refractivity contribution in [3.8, 4) is 0 Å². The van der Waals surface area contributed by atoms with Gasteiger partial charge >= 0.3 is 0 Å². The molecule has 0 saturated heterocycles. The van der Waals surface area contributed by atoms with Crippen molar-refractivity contribution in [1.82, 2.24) is 5.32 Å². The molecule has 106 valence electrons. The number of carbonyl (C=O) groups excluding carboxylic acids is 1. The van der Waals surface area contributed by atoms with E-state index in [1.165, 1.54) is 0 Å². The zero-order valence-electron chi connectivity index (χ0n) is 11.8. The third-order valence-corrected chi connectivity index (χ3v) is 3.32. The first kappa shape index (κ1) is 16.0. The number of amides is 1. The molecule has 1 amide bonds. The van der Waals surface area contributed by atoms with E-state index in [-0.39, 0.29) is 11.5 Å². The van der Waals surface area contributed by atoms with Crippen molar-refractivity contribution in [2.24, 2.45) is 0 Å². The van der Waals surface area contributed by atoms with Gasteiger partial charge in [0.15, 0.2) is 0 Å². The van der Waals surface area contributed by atoms with E-state index in [9.17, 15) is 4.79 Å². The molecule has 0 aromatic heterocycles. The Labute approximate surface area is 122 Å². The Morgan fingerprint density at radius 3 is 2.68 bits per heavy atom. The van der Waals surface area contributed by atoms with Crippen LogP contribution in [0.2, 0.25) is 0 Å². The van der Waals surface area contributed by atoms with Crippen LogP contribution in [0.15, 0.2) is 16.6 Å². The van der Waals surface area contributed by atoms with E-state index in [0.717, 1.165) is 10.0 Å². The average Bonchev–Trinajstić information content (AvgIpc) is 2.31. The standard InChI is InChI=1S/C14H21BrN2O2/c1-5-19-14(3,4)8-17-13(18)11-6-10(15)7-12(16)9(11)2/h6-7H,5,8,16H2,1-4H3,(H,17,18). The van der Waals surface area contributed by atoms with Gasteiger partial charge in [-0.2, -0.15) is 0 Å². The molecule has 0 atom stereocenters. The number of nitrogens with two attached hydrogens (primary N) is 1. The van der Waals surface area contributed by atoms with Crippen LogP contribution in [0.25, 0.3) is 0 Å².